The predicted octanol–water partition coefficient (Wildman–Crippen LogP) is 3.59. The number of nitrogens with one attached hydrogen (secondary N) is 1. The highest BCUT2D eigenvalue weighted by atomic mass is 19.2. The Labute approximate surface area is 109 Å². The Hall–Kier alpha value is -2.61. The first-order chi connectivity index (χ1) is 9.17. The summed E-state index contributed by atoms with van der Waals surface area (Å²) in [5.41, 5.74) is 0.122. The van der Waals surface area contributed by atoms with Crippen LogP contribution in [0.5, 0.6) is 5.75 Å². The van der Waals surface area contributed by atoms with Crippen molar-refractivity contribution in [1.82, 2.24) is 0 Å². The molecule has 0 saturated carbocycles. The maximum Gasteiger partial charge on any atom is 0.183 e. The van der Waals surface area contributed by atoms with Gasteiger partial charge in [0.25, 0.3) is 0 Å². The van der Waals surface area contributed by atoms with Crippen LogP contribution in [0, 0.1) is 23.0 Å². The summed E-state index contributed by atoms with van der Waals surface area (Å²) in [6.07, 6.45) is 0. The lowest BCUT2D eigenvalue weighted by Crippen LogP contribution is -2.00. The second kappa shape index (κ2) is 5.36. The maximum absolute atomic E-state index is 13.7. The van der Waals surface area contributed by atoms with Crippen molar-refractivity contribution in [2.75, 3.05) is 12.4 Å². The summed E-state index contributed by atoms with van der Waals surface area (Å²) in [6, 6.07) is 11.0. The molecular formula is C14H10F2N2O. The first kappa shape index (κ1) is 12.8. The van der Waals surface area contributed by atoms with Crippen LogP contribution < -0.4 is 10.1 Å². The van der Waals surface area contributed by atoms with Gasteiger partial charge < -0.3 is 10.1 Å². The molecule has 2 rings (SSSR count). The third-order valence-corrected chi connectivity index (χ3v) is 2.58. The van der Waals surface area contributed by atoms with Gasteiger partial charge in [-0.25, -0.2) is 8.78 Å². The van der Waals surface area contributed by atoms with E-state index in [1.165, 1.54) is 19.2 Å². The molecule has 0 saturated heterocycles. The van der Waals surface area contributed by atoms with Crippen LogP contribution in [0.15, 0.2) is 36.4 Å². The van der Waals surface area contributed by atoms with Crippen molar-refractivity contribution in [1.29, 1.82) is 5.26 Å². The molecule has 0 amide bonds. The van der Waals surface area contributed by atoms with E-state index in [1.54, 1.807) is 30.3 Å². The molecule has 0 radical (unpaired) electrons. The fraction of sp³-hybridized carbons (Fsp3) is 0.0714. The fourth-order valence-electron chi connectivity index (χ4n) is 1.63. The average molecular weight is 260 g/mol. The zero-order valence-electron chi connectivity index (χ0n) is 10.1. The van der Waals surface area contributed by atoms with Gasteiger partial charge >= 0.3 is 0 Å². The number of nitriles is 1. The molecule has 0 atom stereocenters. The Bertz CT molecular complexity index is 650. The highest BCUT2D eigenvalue weighted by molar-refractivity contribution is 5.67. The summed E-state index contributed by atoms with van der Waals surface area (Å²) >= 11 is 0. The molecule has 2 aromatic carbocycles. The van der Waals surface area contributed by atoms with Gasteiger partial charge in [0.05, 0.1) is 24.0 Å². The van der Waals surface area contributed by atoms with Crippen molar-refractivity contribution in [2.24, 2.45) is 0 Å². The third kappa shape index (κ3) is 2.47. The molecule has 0 aliphatic heterocycles. The lowest BCUT2D eigenvalue weighted by atomic mass is 10.2. The van der Waals surface area contributed by atoms with Gasteiger partial charge in [-0.05, 0) is 24.3 Å². The SMILES string of the molecule is COc1ccccc1Nc1ccc(C#N)c(F)c1F. The molecule has 0 bridgehead atoms. The van der Waals surface area contributed by atoms with Crippen LogP contribution in [0.25, 0.3) is 0 Å². The molecule has 0 aromatic heterocycles. The van der Waals surface area contributed by atoms with Crippen LogP contribution >= 0.6 is 0 Å². The van der Waals surface area contributed by atoms with E-state index in [1.807, 2.05) is 0 Å². The van der Waals surface area contributed by atoms with Gasteiger partial charge in [0.2, 0.25) is 0 Å². The van der Waals surface area contributed by atoms with Crippen LogP contribution in [0.4, 0.5) is 20.2 Å². The first-order valence-electron chi connectivity index (χ1n) is 5.45. The van der Waals surface area contributed by atoms with Crippen molar-refractivity contribution in [3.05, 3.63) is 53.6 Å². The van der Waals surface area contributed by atoms with E-state index in [9.17, 15) is 8.78 Å². The molecule has 0 aliphatic carbocycles. The van der Waals surface area contributed by atoms with Crippen LogP contribution in [-0.4, -0.2) is 7.11 Å². The summed E-state index contributed by atoms with van der Waals surface area (Å²) in [5, 5.41) is 11.3. The van der Waals surface area contributed by atoms with Gasteiger partial charge in [0.1, 0.15) is 11.8 Å². The fourth-order valence-corrected chi connectivity index (χ4v) is 1.63. The van der Waals surface area contributed by atoms with Gasteiger partial charge in [0.15, 0.2) is 11.6 Å². The number of nitrogens with zero attached hydrogens (tertiary/aromatic N) is 1. The van der Waals surface area contributed by atoms with Crippen LogP contribution in [0.3, 0.4) is 0 Å². The minimum Gasteiger partial charge on any atom is -0.495 e. The number of hydrogen-bond acceptors (Lipinski definition) is 3. The van der Waals surface area contributed by atoms with Gasteiger partial charge in [-0.15, -0.1) is 0 Å². The standard InChI is InChI=1S/C14H10F2N2O/c1-19-12-5-3-2-4-10(12)18-11-7-6-9(8-17)13(15)14(11)16/h2-7,18H,1H3. The third-order valence-electron chi connectivity index (χ3n) is 2.58. The Balaban J connectivity index is 2.40. The van der Waals surface area contributed by atoms with Crippen molar-refractivity contribution < 1.29 is 13.5 Å². The van der Waals surface area contributed by atoms with E-state index < -0.39 is 11.6 Å². The van der Waals surface area contributed by atoms with E-state index in [2.05, 4.69) is 5.32 Å². The van der Waals surface area contributed by atoms with E-state index in [4.69, 9.17) is 10.00 Å². The number of halogens is 2. The minimum absolute atomic E-state index is 0.0546. The lowest BCUT2D eigenvalue weighted by Gasteiger charge is -2.12. The molecule has 0 fully saturated rings. The molecule has 0 spiro atoms. The van der Waals surface area contributed by atoms with E-state index in [0.717, 1.165) is 0 Å². The van der Waals surface area contributed by atoms with Gasteiger partial charge in [-0.2, -0.15) is 5.26 Å². The predicted molar refractivity (Wildman–Crippen MR) is 67.3 cm³/mol. The summed E-state index contributed by atoms with van der Waals surface area (Å²) in [7, 11) is 1.48. The number of benzene rings is 2. The first-order valence-corrected chi connectivity index (χ1v) is 5.45. The number of anilines is 2. The van der Waals surface area contributed by atoms with Crippen LogP contribution in [0.1, 0.15) is 5.56 Å². The van der Waals surface area contributed by atoms with E-state index in [0.29, 0.717) is 11.4 Å². The number of hydrogen-bond donors (Lipinski definition) is 1. The van der Waals surface area contributed by atoms with Gasteiger partial charge in [0, 0.05) is 0 Å². The topological polar surface area (TPSA) is 45.0 Å². The van der Waals surface area contributed by atoms with E-state index in [-0.39, 0.29) is 11.3 Å². The Kier molecular flexibility index (Phi) is 3.62. The molecule has 0 heterocycles. The molecular weight excluding hydrogens is 250 g/mol. The monoisotopic (exact) mass is 260 g/mol. The summed E-state index contributed by atoms with van der Waals surface area (Å²) < 4.78 is 32.3. The number of methoxy groups -OCH3 is 1. The summed E-state index contributed by atoms with van der Waals surface area (Å²) in [6.45, 7) is 0. The maximum atomic E-state index is 13.7. The molecule has 5 heteroatoms. The van der Waals surface area contributed by atoms with Crippen LogP contribution in [0.2, 0.25) is 0 Å². The smallest absolute Gasteiger partial charge is 0.183 e. The Morgan fingerprint density at radius 2 is 1.79 bits per heavy atom. The number of ether oxygens (including phenoxy) is 1. The number of rotatable bonds is 3. The Morgan fingerprint density at radius 3 is 2.47 bits per heavy atom. The highest BCUT2D eigenvalue weighted by Gasteiger charge is 2.14. The molecule has 1 N–H and O–H groups in total. The molecule has 19 heavy (non-hydrogen) atoms. The van der Waals surface area contributed by atoms with Crippen molar-refractivity contribution in [2.45, 2.75) is 0 Å². The molecule has 2 aromatic rings. The van der Waals surface area contributed by atoms with Gasteiger partial charge in [-0.1, -0.05) is 12.1 Å². The van der Waals surface area contributed by atoms with Gasteiger partial charge in [-0.3, -0.25) is 0 Å². The Morgan fingerprint density at radius 1 is 1.05 bits per heavy atom. The van der Waals surface area contributed by atoms with Crippen LogP contribution in [-0.2, 0) is 0 Å². The van der Waals surface area contributed by atoms with Crippen molar-refractivity contribution >= 4 is 11.4 Å². The number of para-hydroxylation sites is 2. The highest BCUT2D eigenvalue weighted by Crippen LogP contribution is 2.29. The normalized spacial score (nSPS) is 9.79. The van der Waals surface area contributed by atoms with Crippen molar-refractivity contribution in [3.63, 3.8) is 0 Å². The minimum atomic E-state index is -1.16. The zero-order chi connectivity index (χ0) is 13.8. The molecule has 0 aliphatic rings. The quantitative estimate of drug-likeness (QED) is 0.917. The average Bonchev–Trinajstić information content (AvgIpc) is 2.45. The van der Waals surface area contributed by atoms with Crippen molar-refractivity contribution in [3.8, 4) is 11.8 Å². The summed E-state index contributed by atoms with van der Waals surface area (Å²) in [5.74, 6) is -1.75. The molecule has 0 unspecified atom stereocenters. The lowest BCUT2D eigenvalue weighted by molar-refractivity contribution is 0.416. The second-order valence-electron chi connectivity index (χ2n) is 3.73. The largest absolute Gasteiger partial charge is 0.495 e. The zero-order valence-corrected chi connectivity index (χ0v) is 10.1. The molecule has 3 nitrogen and oxygen atoms in total. The van der Waals surface area contributed by atoms with E-state index >= 15 is 0 Å². The second-order valence-corrected chi connectivity index (χ2v) is 3.73. The molecule has 96 valence electrons. The summed E-state index contributed by atoms with van der Waals surface area (Å²) in [4.78, 5) is 0.